The molecule has 0 amide bonds. The van der Waals surface area contributed by atoms with Crippen molar-refractivity contribution in [3.8, 4) is 0 Å². The summed E-state index contributed by atoms with van der Waals surface area (Å²) < 4.78 is 25.3. The van der Waals surface area contributed by atoms with E-state index in [2.05, 4.69) is 22.9 Å². The van der Waals surface area contributed by atoms with Gasteiger partial charge in [0.05, 0.1) is 11.0 Å². The first kappa shape index (κ1) is 16.0. The average molecular weight is 359 g/mol. The Labute approximate surface area is 131 Å². The van der Waals surface area contributed by atoms with E-state index >= 15 is 0 Å². The molecule has 1 aliphatic rings. The first-order chi connectivity index (χ1) is 9.53. The van der Waals surface area contributed by atoms with Crippen LogP contribution >= 0.6 is 15.9 Å². The molecular weight excluding hydrogens is 336 g/mol. The standard InChI is InChI=1S/C16H23BrO2S/c1-13-6-5-9-16(10-13)20(18,19)12-15(11-17)14-7-3-2-4-8-14/h2-4,7-8,13,15-16H,5-6,9-12H2,1H3. The number of benzene rings is 1. The van der Waals surface area contributed by atoms with Crippen LogP contribution < -0.4 is 0 Å². The maximum Gasteiger partial charge on any atom is 0.153 e. The summed E-state index contributed by atoms with van der Waals surface area (Å²) in [6.07, 6.45) is 3.91. The van der Waals surface area contributed by atoms with E-state index in [0.29, 0.717) is 11.2 Å². The number of hydrogen-bond acceptors (Lipinski definition) is 2. The Morgan fingerprint density at radius 2 is 1.95 bits per heavy atom. The van der Waals surface area contributed by atoms with Gasteiger partial charge in [0.1, 0.15) is 0 Å². The smallest absolute Gasteiger partial charge is 0.153 e. The largest absolute Gasteiger partial charge is 0.229 e. The second kappa shape index (κ2) is 7.08. The minimum Gasteiger partial charge on any atom is -0.229 e. The van der Waals surface area contributed by atoms with E-state index < -0.39 is 9.84 Å². The van der Waals surface area contributed by atoms with Gasteiger partial charge in [-0.05, 0) is 24.3 Å². The highest BCUT2D eigenvalue weighted by Gasteiger charge is 2.32. The zero-order valence-electron chi connectivity index (χ0n) is 12.0. The molecule has 0 heterocycles. The van der Waals surface area contributed by atoms with Crippen molar-refractivity contribution in [1.82, 2.24) is 0 Å². The number of rotatable bonds is 5. The van der Waals surface area contributed by atoms with Gasteiger partial charge in [-0.1, -0.05) is 66.0 Å². The van der Waals surface area contributed by atoms with Crippen LogP contribution in [0.3, 0.4) is 0 Å². The average Bonchev–Trinajstić information content (AvgIpc) is 2.46. The first-order valence-electron chi connectivity index (χ1n) is 7.35. The van der Waals surface area contributed by atoms with Crippen molar-refractivity contribution in [2.45, 2.75) is 43.8 Å². The summed E-state index contributed by atoms with van der Waals surface area (Å²) in [7, 11) is -3.01. The fraction of sp³-hybridized carbons (Fsp3) is 0.625. The predicted octanol–water partition coefficient (Wildman–Crippen LogP) is 4.16. The number of alkyl halides is 1. The summed E-state index contributed by atoms with van der Waals surface area (Å²) in [6, 6.07) is 9.95. The molecule has 2 nitrogen and oxygen atoms in total. The molecule has 1 aliphatic carbocycles. The molecule has 1 saturated carbocycles. The normalized spacial score (nSPS) is 25.3. The highest BCUT2D eigenvalue weighted by molar-refractivity contribution is 9.09. The summed E-state index contributed by atoms with van der Waals surface area (Å²) in [4.78, 5) is 0. The summed E-state index contributed by atoms with van der Waals surface area (Å²) in [5.74, 6) is 0.862. The third-order valence-electron chi connectivity index (χ3n) is 4.29. The van der Waals surface area contributed by atoms with Crippen molar-refractivity contribution in [1.29, 1.82) is 0 Å². The molecule has 1 aromatic rings. The molecule has 0 aromatic heterocycles. The van der Waals surface area contributed by atoms with Crippen LogP contribution in [-0.2, 0) is 9.84 Å². The van der Waals surface area contributed by atoms with Crippen LogP contribution in [0.15, 0.2) is 30.3 Å². The lowest BCUT2D eigenvalue weighted by molar-refractivity contribution is 0.381. The minimum absolute atomic E-state index is 0.0541. The third-order valence-corrected chi connectivity index (χ3v) is 7.38. The zero-order valence-corrected chi connectivity index (χ0v) is 14.4. The maximum atomic E-state index is 12.7. The molecule has 0 N–H and O–H groups in total. The lowest BCUT2D eigenvalue weighted by atomic mass is 9.91. The Morgan fingerprint density at radius 3 is 2.55 bits per heavy atom. The van der Waals surface area contributed by atoms with Gasteiger partial charge in [-0.3, -0.25) is 0 Å². The lowest BCUT2D eigenvalue weighted by Gasteiger charge is -2.28. The molecule has 0 spiro atoms. The Hall–Kier alpha value is -0.350. The molecule has 0 bridgehead atoms. The van der Waals surface area contributed by atoms with Crippen LogP contribution in [0.25, 0.3) is 0 Å². The summed E-state index contributed by atoms with van der Waals surface area (Å²) in [6.45, 7) is 2.17. The van der Waals surface area contributed by atoms with Crippen molar-refractivity contribution >= 4 is 25.8 Å². The van der Waals surface area contributed by atoms with E-state index in [1.54, 1.807) is 0 Å². The van der Waals surface area contributed by atoms with Crippen LogP contribution in [0.5, 0.6) is 0 Å². The molecule has 1 fully saturated rings. The van der Waals surface area contributed by atoms with Gasteiger partial charge in [0, 0.05) is 11.2 Å². The first-order valence-corrected chi connectivity index (χ1v) is 10.2. The van der Waals surface area contributed by atoms with Gasteiger partial charge in [-0.15, -0.1) is 0 Å². The number of hydrogen-bond donors (Lipinski definition) is 0. The topological polar surface area (TPSA) is 34.1 Å². The van der Waals surface area contributed by atoms with Gasteiger partial charge >= 0.3 is 0 Å². The van der Waals surface area contributed by atoms with Crippen molar-refractivity contribution in [2.24, 2.45) is 5.92 Å². The molecule has 112 valence electrons. The maximum absolute atomic E-state index is 12.7. The van der Waals surface area contributed by atoms with Crippen molar-refractivity contribution in [3.63, 3.8) is 0 Å². The van der Waals surface area contributed by atoms with Crippen LogP contribution in [0.1, 0.15) is 44.1 Å². The quantitative estimate of drug-likeness (QED) is 0.740. The van der Waals surface area contributed by atoms with E-state index in [1.165, 1.54) is 6.42 Å². The van der Waals surface area contributed by atoms with E-state index in [0.717, 1.165) is 24.8 Å². The Balaban J connectivity index is 2.10. The van der Waals surface area contributed by atoms with Crippen molar-refractivity contribution in [2.75, 3.05) is 11.1 Å². The number of halogens is 1. The van der Waals surface area contributed by atoms with E-state index in [9.17, 15) is 8.42 Å². The van der Waals surface area contributed by atoms with Gasteiger partial charge in [0.2, 0.25) is 0 Å². The molecular formula is C16H23BrO2S. The highest BCUT2D eigenvalue weighted by Crippen LogP contribution is 2.31. The summed E-state index contributed by atoms with van der Waals surface area (Å²) >= 11 is 3.48. The van der Waals surface area contributed by atoms with Gasteiger partial charge in [0.25, 0.3) is 0 Å². The Kier molecular flexibility index (Phi) is 5.67. The summed E-state index contributed by atoms with van der Waals surface area (Å²) in [5.41, 5.74) is 1.11. The third kappa shape index (κ3) is 4.08. The Morgan fingerprint density at radius 1 is 1.25 bits per heavy atom. The fourth-order valence-corrected chi connectivity index (χ4v) is 6.27. The highest BCUT2D eigenvalue weighted by atomic mass is 79.9. The molecule has 0 radical (unpaired) electrons. The van der Waals surface area contributed by atoms with E-state index in [4.69, 9.17) is 0 Å². The van der Waals surface area contributed by atoms with Crippen LogP contribution in [0.4, 0.5) is 0 Å². The SMILES string of the molecule is CC1CCCC(S(=O)(=O)CC(CBr)c2ccccc2)C1. The molecule has 1 aromatic carbocycles. The van der Waals surface area contributed by atoms with E-state index in [-0.39, 0.29) is 16.9 Å². The molecule has 4 heteroatoms. The lowest BCUT2D eigenvalue weighted by Crippen LogP contribution is -2.31. The molecule has 3 unspecified atom stereocenters. The van der Waals surface area contributed by atoms with Gasteiger partial charge in [0.15, 0.2) is 9.84 Å². The van der Waals surface area contributed by atoms with Crippen molar-refractivity contribution < 1.29 is 8.42 Å². The molecule has 0 saturated heterocycles. The van der Waals surface area contributed by atoms with Crippen molar-refractivity contribution in [3.05, 3.63) is 35.9 Å². The van der Waals surface area contributed by atoms with Gasteiger partial charge in [-0.2, -0.15) is 0 Å². The van der Waals surface area contributed by atoms with Gasteiger partial charge < -0.3 is 0 Å². The molecule has 0 aliphatic heterocycles. The van der Waals surface area contributed by atoms with Crippen LogP contribution in [0, 0.1) is 5.92 Å². The second-order valence-corrected chi connectivity index (χ2v) is 8.96. The minimum atomic E-state index is -3.01. The number of sulfone groups is 1. The molecule has 20 heavy (non-hydrogen) atoms. The van der Waals surface area contributed by atoms with Crippen LogP contribution in [0.2, 0.25) is 0 Å². The molecule has 3 atom stereocenters. The van der Waals surface area contributed by atoms with Gasteiger partial charge in [-0.25, -0.2) is 8.42 Å². The van der Waals surface area contributed by atoms with Crippen LogP contribution in [-0.4, -0.2) is 24.8 Å². The zero-order chi connectivity index (χ0) is 14.6. The second-order valence-electron chi connectivity index (χ2n) is 5.99. The fourth-order valence-electron chi connectivity index (χ4n) is 3.08. The monoisotopic (exact) mass is 358 g/mol. The van der Waals surface area contributed by atoms with E-state index in [1.807, 2.05) is 30.3 Å². The molecule has 2 rings (SSSR count). The Bertz CT molecular complexity index is 513. The predicted molar refractivity (Wildman–Crippen MR) is 88.2 cm³/mol. The summed E-state index contributed by atoms with van der Waals surface area (Å²) in [5, 5.41) is 0.565.